The number of nitrogens with one attached hydrogen (secondary N) is 1. The number of methoxy groups -OCH3 is 2. The van der Waals surface area contributed by atoms with E-state index in [1.807, 2.05) is 12.1 Å². The largest absolute Gasteiger partial charge is 0.497 e. The zero-order valence-electron chi connectivity index (χ0n) is 26.6. The second kappa shape index (κ2) is 18.3. The summed E-state index contributed by atoms with van der Waals surface area (Å²) in [5, 5.41) is 3.67. The lowest BCUT2D eigenvalue weighted by molar-refractivity contribution is -0.117. The summed E-state index contributed by atoms with van der Waals surface area (Å²) in [6.07, 6.45) is 5.27. The maximum atomic E-state index is 12.2. The molecule has 4 aromatic carbocycles. The Morgan fingerprint density at radius 1 is 0.674 bits per heavy atom. The average molecular weight is 636 g/mol. The normalized spacial score (nSPS) is 13.7. The number of carbonyl (C=O) groups is 2. The number of ketones is 2. The zero-order valence-corrected chi connectivity index (χ0v) is 27.4. The van der Waals surface area contributed by atoms with Crippen molar-refractivity contribution in [3.63, 3.8) is 0 Å². The maximum Gasteiger partial charge on any atom is 0.220 e. The van der Waals surface area contributed by atoms with E-state index in [9.17, 15) is 9.59 Å². The molecule has 0 fully saturated rings. The lowest BCUT2D eigenvalue weighted by atomic mass is 9.85. The summed E-state index contributed by atoms with van der Waals surface area (Å²) in [6, 6.07) is 39.9. The topological polar surface area (TPSA) is 64.6 Å². The van der Waals surface area contributed by atoms with Crippen LogP contribution >= 0.6 is 12.4 Å². The van der Waals surface area contributed by atoms with E-state index in [-0.39, 0.29) is 35.7 Å². The van der Waals surface area contributed by atoms with Gasteiger partial charge in [0.05, 0.1) is 14.2 Å². The van der Waals surface area contributed by atoms with Gasteiger partial charge in [0.15, 0.2) is 11.5 Å². The monoisotopic (exact) mass is 635 g/mol. The van der Waals surface area contributed by atoms with Crippen molar-refractivity contribution in [2.24, 2.45) is 0 Å². The minimum absolute atomic E-state index is 0. The van der Waals surface area contributed by atoms with Crippen molar-refractivity contribution in [3.8, 4) is 5.75 Å². The van der Waals surface area contributed by atoms with Crippen LogP contribution in [0.4, 0.5) is 0 Å². The first-order chi connectivity index (χ1) is 21.9. The molecule has 0 heterocycles. The third kappa shape index (κ3) is 9.64. The third-order valence-electron chi connectivity index (χ3n) is 7.93. The summed E-state index contributed by atoms with van der Waals surface area (Å²) >= 11 is 0. The molecule has 4 aromatic rings. The van der Waals surface area contributed by atoms with Crippen molar-refractivity contribution in [3.05, 3.63) is 174 Å². The SMILES string of the molecule is C=CC(C1=CC(=O)C(OC)=CC1=O)c1ccc(OC)cc1.CC(NCCC(c1ccccc1)c1ccccc1)c1ccccc1.Cl. The molecule has 0 radical (unpaired) electrons. The highest BCUT2D eigenvalue weighted by molar-refractivity contribution is 6.19. The van der Waals surface area contributed by atoms with Gasteiger partial charge in [0.1, 0.15) is 5.75 Å². The number of hydrogen-bond donors (Lipinski definition) is 1. The second-order valence-corrected chi connectivity index (χ2v) is 10.8. The summed E-state index contributed by atoms with van der Waals surface area (Å²) < 4.78 is 9.98. The number of ether oxygens (including phenoxy) is 2. The van der Waals surface area contributed by atoms with E-state index in [4.69, 9.17) is 9.47 Å². The van der Waals surface area contributed by atoms with Crippen LogP contribution in [0.2, 0.25) is 0 Å². The van der Waals surface area contributed by atoms with Gasteiger partial charge in [-0.05, 0) is 60.4 Å². The second-order valence-electron chi connectivity index (χ2n) is 10.8. The van der Waals surface area contributed by atoms with Crippen molar-refractivity contribution < 1.29 is 19.1 Å². The Morgan fingerprint density at radius 3 is 1.67 bits per heavy atom. The van der Waals surface area contributed by atoms with Crippen LogP contribution in [0.3, 0.4) is 0 Å². The van der Waals surface area contributed by atoms with Crippen LogP contribution in [0.1, 0.15) is 53.5 Å². The van der Waals surface area contributed by atoms with Gasteiger partial charge >= 0.3 is 0 Å². The van der Waals surface area contributed by atoms with Gasteiger partial charge in [0.25, 0.3) is 0 Å². The molecule has 2 unspecified atom stereocenters. The molecule has 0 amide bonds. The standard InChI is InChI=1S/C23H25N.C17H16O4.ClH/c1-19(20-11-5-2-6-12-20)24-18-17-23(21-13-7-3-8-14-21)22-15-9-4-10-16-22;1-4-13(11-5-7-12(20-2)8-6-11)14-9-16(19)17(21-3)10-15(14)18;/h2-16,19,23-24H,17-18H2,1H3;4-10,13H,1H2,2-3H3;1H. The highest BCUT2D eigenvalue weighted by Crippen LogP contribution is 2.31. The quantitative estimate of drug-likeness (QED) is 0.125. The number of allylic oxidation sites excluding steroid dienone is 4. The van der Waals surface area contributed by atoms with E-state index in [2.05, 4.69) is 110 Å². The number of rotatable bonds is 12. The molecular formula is C40H42ClNO4. The van der Waals surface area contributed by atoms with E-state index >= 15 is 0 Å². The molecule has 238 valence electrons. The first-order valence-corrected chi connectivity index (χ1v) is 15.2. The molecule has 46 heavy (non-hydrogen) atoms. The highest BCUT2D eigenvalue weighted by atomic mass is 35.5. The minimum atomic E-state index is -0.345. The van der Waals surface area contributed by atoms with Gasteiger partial charge in [-0.3, -0.25) is 9.59 Å². The summed E-state index contributed by atoms with van der Waals surface area (Å²) in [7, 11) is 2.95. The van der Waals surface area contributed by atoms with Crippen LogP contribution in [-0.2, 0) is 14.3 Å². The zero-order chi connectivity index (χ0) is 32.0. The van der Waals surface area contributed by atoms with Crippen molar-refractivity contribution >= 4 is 24.0 Å². The Bertz CT molecular complexity index is 1560. The van der Waals surface area contributed by atoms with Gasteiger partial charge in [-0.25, -0.2) is 0 Å². The van der Waals surface area contributed by atoms with E-state index in [0.29, 0.717) is 17.5 Å². The van der Waals surface area contributed by atoms with Gasteiger partial charge in [-0.15, -0.1) is 19.0 Å². The van der Waals surface area contributed by atoms with Gasteiger partial charge < -0.3 is 14.8 Å². The molecular weight excluding hydrogens is 594 g/mol. The smallest absolute Gasteiger partial charge is 0.220 e. The fourth-order valence-electron chi connectivity index (χ4n) is 5.41. The predicted molar refractivity (Wildman–Crippen MR) is 189 cm³/mol. The van der Waals surface area contributed by atoms with Crippen molar-refractivity contribution in [1.82, 2.24) is 5.32 Å². The Labute approximate surface area is 279 Å². The summed E-state index contributed by atoms with van der Waals surface area (Å²) in [5.74, 6) is 0.314. The Hall–Kier alpha value is -4.71. The Balaban J connectivity index is 0.000000247. The number of hydrogen-bond acceptors (Lipinski definition) is 5. The molecule has 0 aliphatic heterocycles. The Morgan fingerprint density at radius 2 is 1.20 bits per heavy atom. The van der Waals surface area contributed by atoms with Crippen LogP contribution in [0.15, 0.2) is 151 Å². The lowest BCUT2D eigenvalue weighted by Gasteiger charge is -2.20. The summed E-state index contributed by atoms with van der Waals surface area (Å²) in [5.41, 5.74) is 5.37. The molecule has 1 aliphatic rings. The molecule has 5 nitrogen and oxygen atoms in total. The Kier molecular flexibility index (Phi) is 14.2. The average Bonchev–Trinajstić information content (AvgIpc) is 3.10. The van der Waals surface area contributed by atoms with Gasteiger partial charge in [-0.1, -0.05) is 109 Å². The summed E-state index contributed by atoms with van der Waals surface area (Å²) in [4.78, 5) is 24.0. The minimum Gasteiger partial charge on any atom is -0.497 e. The number of carbonyl (C=O) groups excluding carboxylic acids is 2. The van der Waals surface area contributed by atoms with Gasteiger partial charge in [0, 0.05) is 29.5 Å². The van der Waals surface area contributed by atoms with Crippen molar-refractivity contribution in [1.29, 1.82) is 0 Å². The molecule has 0 saturated carbocycles. The van der Waals surface area contributed by atoms with Crippen molar-refractivity contribution in [2.45, 2.75) is 31.2 Å². The highest BCUT2D eigenvalue weighted by Gasteiger charge is 2.26. The molecule has 2 atom stereocenters. The fourth-order valence-corrected chi connectivity index (χ4v) is 5.41. The third-order valence-corrected chi connectivity index (χ3v) is 7.93. The van der Waals surface area contributed by atoms with Gasteiger partial charge in [0.2, 0.25) is 5.78 Å². The molecule has 1 aliphatic carbocycles. The molecule has 0 bridgehead atoms. The van der Waals surface area contributed by atoms with Gasteiger partial charge in [-0.2, -0.15) is 0 Å². The number of halogens is 1. The van der Waals surface area contributed by atoms with E-state index in [1.165, 1.54) is 36.0 Å². The maximum absolute atomic E-state index is 12.2. The van der Waals surface area contributed by atoms with E-state index in [1.54, 1.807) is 25.3 Å². The molecule has 0 spiro atoms. The van der Waals surface area contributed by atoms with E-state index < -0.39 is 0 Å². The number of benzene rings is 4. The molecule has 5 rings (SSSR count). The molecule has 1 N–H and O–H groups in total. The summed E-state index contributed by atoms with van der Waals surface area (Å²) in [6.45, 7) is 6.99. The van der Waals surface area contributed by atoms with Crippen LogP contribution in [0, 0.1) is 0 Å². The fraction of sp³-hybridized carbons (Fsp3) is 0.200. The van der Waals surface area contributed by atoms with Crippen LogP contribution in [0.5, 0.6) is 5.75 Å². The molecule has 6 heteroatoms. The van der Waals surface area contributed by atoms with E-state index in [0.717, 1.165) is 24.3 Å². The first-order valence-electron chi connectivity index (χ1n) is 15.2. The lowest BCUT2D eigenvalue weighted by Crippen LogP contribution is -2.21. The molecule has 0 aromatic heterocycles. The van der Waals surface area contributed by atoms with Crippen molar-refractivity contribution in [2.75, 3.05) is 20.8 Å². The molecule has 0 saturated heterocycles. The van der Waals surface area contributed by atoms with Crippen LogP contribution in [-0.4, -0.2) is 32.3 Å². The first kappa shape index (κ1) is 35.8. The predicted octanol–water partition coefficient (Wildman–Crippen LogP) is 8.55. The van der Waals surface area contributed by atoms with Crippen LogP contribution in [0.25, 0.3) is 0 Å². The van der Waals surface area contributed by atoms with Crippen LogP contribution < -0.4 is 10.1 Å².